The van der Waals surface area contributed by atoms with E-state index in [-0.39, 0.29) is 5.82 Å². The molecule has 0 saturated carbocycles. The molecule has 2 heterocycles. The van der Waals surface area contributed by atoms with Crippen LogP contribution >= 0.6 is 0 Å². The van der Waals surface area contributed by atoms with Crippen molar-refractivity contribution in [3.63, 3.8) is 0 Å². The molecule has 18 heavy (non-hydrogen) atoms. The van der Waals surface area contributed by atoms with Crippen molar-refractivity contribution < 1.29 is 13.2 Å². The summed E-state index contributed by atoms with van der Waals surface area (Å²) in [4.78, 5) is 6.50. The molecule has 0 spiro atoms. The fourth-order valence-electron chi connectivity index (χ4n) is 1.22. The maximum Gasteiger partial charge on any atom is 0.417 e. The molecule has 0 atom stereocenters. The van der Waals surface area contributed by atoms with Crippen LogP contribution in [0.3, 0.4) is 0 Å². The van der Waals surface area contributed by atoms with Gasteiger partial charge in [-0.25, -0.2) is 4.98 Å². The molecule has 0 unspecified atom stereocenters. The number of pyridine rings is 1. The van der Waals surface area contributed by atoms with Gasteiger partial charge < -0.3 is 4.98 Å². The highest BCUT2D eigenvalue weighted by atomic mass is 19.4. The van der Waals surface area contributed by atoms with Gasteiger partial charge in [0.1, 0.15) is 5.82 Å². The molecule has 2 N–H and O–H groups in total. The zero-order chi connectivity index (χ0) is 13.0. The first-order valence-corrected chi connectivity index (χ1v) is 5.01. The Balaban J connectivity index is 1.99. The van der Waals surface area contributed by atoms with Crippen molar-refractivity contribution in [3.8, 4) is 0 Å². The van der Waals surface area contributed by atoms with Gasteiger partial charge in [0.25, 0.3) is 0 Å². The lowest BCUT2D eigenvalue weighted by Crippen LogP contribution is -2.05. The predicted octanol–water partition coefficient (Wildman–Crippen LogP) is 2.87. The quantitative estimate of drug-likeness (QED) is 0.653. The lowest BCUT2D eigenvalue weighted by atomic mass is 10.3. The summed E-state index contributed by atoms with van der Waals surface area (Å²) in [5, 5.41) is 3.83. The largest absolute Gasteiger partial charge is 0.417 e. The minimum absolute atomic E-state index is 0.241. The van der Waals surface area contributed by atoms with E-state index < -0.39 is 11.7 Å². The van der Waals surface area contributed by atoms with E-state index in [4.69, 9.17) is 0 Å². The Labute approximate surface area is 101 Å². The Hall–Kier alpha value is -2.31. The maximum atomic E-state index is 12.3. The fourth-order valence-corrected chi connectivity index (χ4v) is 1.22. The van der Waals surface area contributed by atoms with E-state index in [1.54, 1.807) is 18.3 Å². The second kappa shape index (κ2) is 4.91. The van der Waals surface area contributed by atoms with Crippen molar-refractivity contribution in [2.75, 3.05) is 5.43 Å². The number of hydrogen-bond acceptors (Lipinski definition) is 3. The van der Waals surface area contributed by atoms with Crippen molar-refractivity contribution in [2.24, 2.45) is 5.10 Å². The molecule has 4 nitrogen and oxygen atoms in total. The highest BCUT2D eigenvalue weighted by Gasteiger charge is 2.30. The van der Waals surface area contributed by atoms with Gasteiger partial charge in [0.15, 0.2) is 0 Å². The van der Waals surface area contributed by atoms with Crippen molar-refractivity contribution >= 4 is 12.0 Å². The van der Waals surface area contributed by atoms with E-state index in [9.17, 15) is 13.2 Å². The SMILES string of the molecule is FC(F)(F)c1ccc(NN=Cc2ccc[nH]2)nc1. The summed E-state index contributed by atoms with van der Waals surface area (Å²) in [6.07, 6.45) is -0.386. The van der Waals surface area contributed by atoms with Crippen molar-refractivity contribution in [2.45, 2.75) is 6.18 Å². The van der Waals surface area contributed by atoms with E-state index in [0.717, 1.165) is 18.0 Å². The number of aromatic amines is 1. The molecule has 2 aromatic rings. The molecule has 0 bridgehead atoms. The van der Waals surface area contributed by atoms with Gasteiger partial charge in [0.2, 0.25) is 0 Å². The van der Waals surface area contributed by atoms with Gasteiger partial charge in [0.05, 0.1) is 17.5 Å². The molecule has 0 radical (unpaired) electrons. The molecule has 2 rings (SSSR count). The lowest BCUT2D eigenvalue weighted by Gasteiger charge is -2.06. The summed E-state index contributed by atoms with van der Waals surface area (Å²) in [6.45, 7) is 0. The van der Waals surface area contributed by atoms with Crippen molar-refractivity contribution in [3.05, 3.63) is 47.9 Å². The molecule has 0 aliphatic heterocycles. The van der Waals surface area contributed by atoms with Crippen LogP contribution in [-0.2, 0) is 6.18 Å². The normalized spacial score (nSPS) is 11.9. The average molecular weight is 254 g/mol. The Kier molecular flexibility index (Phi) is 3.31. The first-order valence-electron chi connectivity index (χ1n) is 5.01. The van der Waals surface area contributed by atoms with Crippen LogP contribution in [0.4, 0.5) is 19.0 Å². The Morgan fingerprint density at radius 1 is 1.28 bits per heavy atom. The molecular weight excluding hydrogens is 245 g/mol. The second-order valence-electron chi connectivity index (χ2n) is 3.43. The number of rotatable bonds is 3. The standard InChI is InChI=1S/C11H9F3N4/c12-11(13,14)8-3-4-10(16-6-8)18-17-7-9-2-1-5-15-9/h1-7,15H,(H,16,18). The van der Waals surface area contributed by atoms with E-state index in [0.29, 0.717) is 0 Å². The van der Waals surface area contributed by atoms with Crippen LogP contribution in [0.1, 0.15) is 11.3 Å². The van der Waals surface area contributed by atoms with Gasteiger partial charge in [-0.15, -0.1) is 0 Å². The number of anilines is 1. The zero-order valence-corrected chi connectivity index (χ0v) is 9.07. The third-order valence-electron chi connectivity index (χ3n) is 2.10. The zero-order valence-electron chi connectivity index (χ0n) is 9.07. The summed E-state index contributed by atoms with van der Waals surface area (Å²) in [6, 6.07) is 5.76. The van der Waals surface area contributed by atoms with Crippen LogP contribution in [0.5, 0.6) is 0 Å². The number of nitrogens with one attached hydrogen (secondary N) is 2. The van der Waals surface area contributed by atoms with Gasteiger partial charge in [0, 0.05) is 12.4 Å². The van der Waals surface area contributed by atoms with E-state index in [1.165, 1.54) is 12.3 Å². The molecule has 0 aliphatic rings. The Bertz CT molecular complexity index is 514. The van der Waals surface area contributed by atoms with Crippen LogP contribution in [0.25, 0.3) is 0 Å². The summed E-state index contributed by atoms with van der Waals surface area (Å²) < 4.78 is 36.8. The number of hydrogen-bond donors (Lipinski definition) is 2. The van der Waals surface area contributed by atoms with E-state index >= 15 is 0 Å². The second-order valence-corrected chi connectivity index (χ2v) is 3.43. The first kappa shape index (κ1) is 12.2. The number of alkyl halides is 3. The van der Waals surface area contributed by atoms with Crippen molar-refractivity contribution in [1.29, 1.82) is 0 Å². The molecule has 2 aromatic heterocycles. The third-order valence-corrected chi connectivity index (χ3v) is 2.10. The molecule has 0 fully saturated rings. The third kappa shape index (κ3) is 3.09. The van der Waals surface area contributed by atoms with Gasteiger partial charge in [-0.05, 0) is 24.3 Å². The minimum atomic E-state index is -4.38. The summed E-state index contributed by atoms with van der Waals surface area (Å²) in [5.41, 5.74) is 2.51. The van der Waals surface area contributed by atoms with Gasteiger partial charge in [-0.1, -0.05) is 0 Å². The molecule has 0 amide bonds. The van der Waals surface area contributed by atoms with Crippen LogP contribution in [0.15, 0.2) is 41.8 Å². The molecule has 94 valence electrons. The van der Waals surface area contributed by atoms with Crippen LogP contribution in [-0.4, -0.2) is 16.2 Å². The monoisotopic (exact) mass is 254 g/mol. The van der Waals surface area contributed by atoms with Gasteiger partial charge in [-0.2, -0.15) is 18.3 Å². The Morgan fingerprint density at radius 2 is 2.11 bits per heavy atom. The number of H-pyrrole nitrogens is 1. The summed E-state index contributed by atoms with van der Waals surface area (Å²) in [5.74, 6) is 0.241. The van der Waals surface area contributed by atoms with Gasteiger partial charge >= 0.3 is 6.18 Å². The number of nitrogens with zero attached hydrogens (tertiary/aromatic N) is 2. The number of halogens is 3. The summed E-state index contributed by atoms with van der Waals surface area (Å²) in [7, 11) is 0. The van der Waals surface area contributed by atoms with Crippen LogP contribution < -0.4 is 5.43 Å². The molecule has 0 aromatic carbocycles. The molecule has 7 heteroatoms. The van der Waals surface area contributed by atoms with Crippen LogP contribution in [0, 0.1) is 0 Å². The molecule has 0 saturated heterocycles. The topological polar surface area (TPSA) is 53.1 Å². The average Bonchev–Trinajstić information content (AvgIpc) is 2.82. The first-order chi connectivity index (χ1) is 8.55. The lowest BCUT2D eigenvalue weighted by molar-refractivity contribution is -0.137. The van der Waals surface area contributed by atoms with Crippen molar-refractivity contribution in [1.82, 2.24) is 9.97 Å². The van der Waals surface area contributed by atoms with E-state index in [1.807, 2.05) is 0 Å². The predicted molar refractivity (Wildman–Crippen MR) is 61.2 cm³/mol. The highest BCUT2D eigenvalue weighted by molar-refractivity contribution is 5.77. The summed E-state index contributed by atoms with van der Waals surface area (Å²) >= 11 is 0. The highest BCUT2D eigenvalue weighted by Crippen LogP contribution is 2.28. The number of hydrazone groups is 1. The molecular formula is C11H9F3N4. The maximum absolute atomic E-state index is 12.3. The number of aromatic nitrogens is 2. The van der Waals surface area contributed by atoms with Crippen LogP contribution in [0.2, 0.25) is 0 Å². The van der Waals surface area contributed by atoms with Gasteiger partial charge in [-0.3, -0.25) is 5.43 Å². The van der Waals surface area contributed by atoms with E-state index in [2.05, 4.69) is 20.5 Å². The Morgan fingerprint density at radius 3 is 2.67 bits per heavy atom. The fraction of sp³-hybridized carbons (Fsp3) is 0.0909. The minimum Gasteiger partial charge on any atom is -0.360 e. The molecule has 0 aliphatic carbocycles. The smallest absolute Gasteiger partial charge is 0.360 e.